The van der Waals surface area contributed by atoms with Crippen molar-refractivity contribution in [3.05, 3.63) is 42.5 Å². The fraction of sp³-hybridized carbons (Fsp3) is 0.600. The lowest BCUT2D eigenvalue weighted by Gasteiger charge is -2.52. The number of methoxy groups -OCH3 is 2. The lowest BCUT2D eigenvalue weighted by Crippen LogP contribution is -2.69. The summed E-state index contributed by atoms with van der Waals surface area (Å²) < 4.78 is 44.1. The molecule has 6 aliphatic rings. The highest BCUT2D eigenvalue weighted by atomic mass is 31.2. The number of hydrogen-bond donors (Lipinski definition) is 0. The molecule has 6 fully saturated rings. The van der Waals surface area contributed by atoms with Crippen molar-refractivity contribution in [2.24, 2.45) is 11.8 Å². The van der Waals surface area contributed by atoms with Crippen LogP contribution in [0.3, 0.4) is 0 Å². The highest BCUT2D eigenvalue weighted by Crippen LogP contribution is 2.54. The first kappa shape index (κ1) is 28.9. The molecule has 0 amide bonds. The zero-order valence-electron chi connectivity index (χ0n) is 23.8. The zero-order chi connectivity index (χ0) is 28.7. The maximum atomic E-state index is 14.6. The van der Waals surface area contributed by atoms with Gasteiger partial charge in [-0.1, -0.05) is 36.4 Å². The van der Waals surface area contributed by atoms with Gasteiger partial charge < -0.3 is 14.0 Å². The van der Waals surface area contributed by atoms with E-state index in [0.29, 0.717) is 5.75 Å². The Morgan fingerprint density at radius 2 is 1.22 bits per heavy atom. The molecule has 0 spiro atoms. The number of nitrogens with zero attached hydrogens (tertiary/aromatic N) is 2. The molecule has 2 aromatic rings. The van der Waals surface area contributed by atoms with Crippen molar-refractivity contribution in [3.8, 4) is 5.75 Å². The zero-order valence-corrected chi connectivity index (χ0v) is 24.7. The topological polar surface area (TPSA) is 104 Å². The van der Waals surface area contributed by atoms with Crippen molar-refractivity contribution in [3.63, 3.8) is 0 Å². The number of ether oxygens (including phenoxy) is 2. The number of rotatable bonds is 12. The van der Waals surface area contributed by atoms with E-state index in [4.69, 9.17) is 23.0 Å². The average molecular weight is 587 g/mol. The third-order valence-corrected chi connectivity index (χ3v) is 10.8. The number of phosphoric acid groups is 1. The van der Waals surface area contributed by atoms with Gasteiger partial charge in [0.15, 0.2) is 11.6 Å². The number of carbonyl (C=O) groups excluding carboxylic acids is 2. The van der Waals surface area contributed by atoms with Crippen molar-refractivity contribution in [2.75, 3.05) is 66.8 Å². The van der Waals surface area contributed by atoms with Crippen LogP contribution < -0.4 is 4.52 Å². The minimum absolute atomic E-state index is 0.0373. The first-order valence-corrected chi connectivity index (χ1v) is 15.9. The smallest absolute Gasteiger partial charge is 0.403 e. The molecule has 222 valence electrons. The molecule has 6 aliphatic heterocycles. The van der Waals surface area contributed by atoms with Crippen LogP contribution in [0.1, 0.15) is 25.7 Å². The van der Waals surface area contributed by atoms with E-state index in [1.54, 1.807) is 20.3 Å². The summed E-state index contributed by atoms with van der Waals surface area (Å²) in [5.74, 6) is 0.254. The van der Waals surface area contributed by atoms with E-state index < -0.39 is 18.9 Å². The van der Waals surface area contributed by atoms with Crippen molar-refractivity contribution in [1.82, 2.24) is 9.80 Å². The molecule has 10 nitrogen and oxygen atoms in total. The van der Waals surface area contributed by atoms with Gasteiger partial charge >= 0.3 is 7.82 Å². The van der Waals surface area contributed by atoms with Crippen molar-refractivity contribution >= 4 is 30.2 Å². The minimum Gasteiger partial charge on any atom is -0.403 e. The van der Waals surface area contributed by atoms with Crippen LogP contribution in [0.2, 0.25) is 0 Å². The molecule has 11 heteroatoms. The molecule has 0 N–H and O–H groups in total. The monoisotopic (exact) mass is 586 g/mol. The van der Waals surface area contributed by atoms with Crippen LogP contribution in [0.4, 0.5) is 0 Å². The molecule has 0 radical (unpaired) electrons. The van der Waals surface area contributed by atoms with Gasteiger partial charge in [0.25, 0.3) is 0 Å². The van der Waals surface area contributed by atoms with Gasteiger partial charge in [0.1, 0.15) is 16.8 Å². The third kappa shape index (κ3) is 5.07. The van der Waals surface area contributed by atoms with E-state index in [-0.39, 0.29) is 49.8 Å². The number of phosphoric ester groups is 1. The minimum atomic E-state index is -4.38. The molecule has 8 rings (SSSR count). The Morgan fingerprint density at radius 3 is 1.71 bits per heavy atom. The predicted molar refractivity (Wildman–Crippen MR) is 152 cm³/mol. The second kappa shape index (κ2) is 11.5. The first-order chi connectivity index (χ1) is 19.8. The van der Waals surface area contributed by atoms with Gasteiger partial charge in [0, 0.05) is 31.4 Å². The number of benzene rings is 2. The standard InChI is InChI=1S/C30H39N2O8P/c1-36-18-29(27(33)23-10-14-31(29)15-11-23)20-38-41(35,40-26-9-5-7-22-6-3-4-8-25(22)26)39-21-30(19-37-2)28(34)24-12-16-32(30)17-13-24/h3-9,23-24H,10-21H2,1-2H3/t29-,30-/m1/s1. The van der Waals surface area contributed by atoms with Gasteiger partial charge in [-0.25, -0.2) is 4.57 Å². The average Bonchev–Trinajstić information content (AvgIpc) is 3.00. The number of ketones is 2. The maximum Gasteiger partial charge on any atom is 0.530 e. The SMILES string of the molecule is COC[C@@]1(COP(=O)(OC[C@]2(COC)C(=O)C3CCN2CC3)Oc2cccc3ccccc23)C(=O)C2CCN1CC2. The Balaban J connectivity index is 1.32. The normalized spacial score (nSPS) is 34.2. The van der Waals surface area contributed by atoms with Crippen LogP contribution in [0.5, 0.6) is 5.75 Å². The van der Waals surface area contributed by atoms with Crippen LogP contribution in [-0.2, 0) is 32.7 Å². The lowest BCUT2D eigenvalue weighted by atomic mass is 9.74. The van der Waals surface area contributed by atoms with Crippen molar-refractivity contribution in [2.45, 2.75) is 36.8 Å². The molecular weight excluding hydrogens is 547 g/mol. The fourth-order valence-corrected chi connectivity index (χ4v) is 8.60. The number of fused-ring (bicyclic) bond motifs is 7. The van der Waals surface area contributed by atoms with Crippen molar-refractivity contribution < 1.29 is 37.2 Å². The van der Waals surface area contributed by atoms with Gasteiger partial charge in [0.05, 0.1) is 26.4 Å². The molecule has 6 heterocycles. The van der Waals surface area contributed by atoms with Crippen LogP contribution in [0, 0.1) is 11.8 Å². The Labute approximate surface area is 240 Å². The lowest BCUT2D eigenvalue weighted by molar-refractivity contribution is -0.159. The largest absolute Gasteiger partial charge is 0.530 e. The predicted octanol–water partition coefficient (Wildman–Crippen LogP) is 3.72. The molecule has 0 aromatic heterocycles. The summed E-state index contributed by atoms with van der Waals surface area (Å²) in [6, 6.07) is 13.1. The highest BCUT2D eigenvalue weighted by molar-refractivity contribution is 7.49. The van der Waals surface area contributed by atoms with Gasteiger partial charge in [-0.2, -0.15) is 0 Å². The van der Waals surface area contributed by atoms with Crippen LogP contribution >= 0.6 is 7.82 Å². The number of piperidine rings is 6. The quantitative estimate of drug-likeness (QED) is 0.342. The summed E-state index contributed by atoms with van der Waals surface area (Å²) in [5, 5.41) is 1.65. The molecule has 4 bridgehead atoms. The number of carbonyl (C=O) groups is 2. The van der Waals surface area contributed by atoms with Gasteiger partial charge in [-0.15, -0.1) is 0 Å². The molecule has 2 atom stereocenters. The Kier molecular flexibility index (Phi) is 8.11. The summed E-state index contributed by atoms with van der Waals surface area (Å²) in [6.07, 6.45) is 3.18. The second-order valence-electron chi connectivity index (χ2n) is 11.7. The van der Waals surface area contributed by atoms with Gasteiger partial charge in [-0.05, 0) is 63.3 Å². The Hall–Kier alpha value is -2.17. The second-order valence-corrected chi connectivity index (χ2v) is 13.3. The van der Waals surface area contributed by atoms with E-state index in [0.717, 1.165) is 62.6 Å². The summed E-state index contributed by atoms with van der Waals surface area (Å²) >= 11 is 0. The molecule has 41 heavy (non-hydrogen) atoms. The summed E-state index contributed by atoms with van der Waals surface area (Å²) in [5.41, 5.74) is -2.16. The van der Waals surface area contributed by atoms with Gasteiger partial charge in [-0.3, -0.25) is 28.4 Å². The number of Topliss-reactive ketones (excluding diaryl/α,β-unsaturated/α-hetero) is 2. The molecular formula is C30H39N2O8P. The van der Waals surface area contributed by atoms with E-state index in [1.807, 2.05) is 36.4 Å². The molecule has 0 aliphatic carbocycles. The summed E-state index contributed by atoms with van der Waals surface area (Å²) in [6.45, 7) is 2.74. The fourth-order valence-electron chi connectivity index (χ4n) is 7.28. The van der Waals surface area contributed by atoms with E-state index in [9.17, 15) is 14.2 Å². The van der Waals surface area contributed by atoms with E-state index in [2.05, 4.69) is 9.80 Å². The number of hydrogen-bond acceptors (Lipinski definition) is 10. The molecule has 0 saturated carbocycles. The van der Waals surface area contributed by atoms with Gasteiger partial charge in [0.2, 0.25) is 0 Å². The summed E-state index contributed by atoms with van der Waals surface area (Å²) in [4.78, 5) is 31.3. The van der Waals surface area contributed by atoms with Crippen LogP contribution in [0.15, 0.2) is 42.5 Å². The van der Waals surface area contributed by atoms with E-state index in [1.165, 1.54) is 0 Å². The van der Waals surface area contributed by atoms with Crippen LogP contribution in [-0.4, -0.2) is 99.3 Å². The van der Waals surface area contributed by atoms with Crippen molar-refractivity contribution in [1.29, 1.82) is 0 Å². The van der Waals surface area contributed by atoms with E-state index >= 15 is 0 Å². The Morgan fingerprint density at radius 1 is 0.732 bits per heavy atom. The highest BCUT2D eigenvalue weighted by Gasteiger charge is 2.57. The molecule has 0 unspecified atom stereocenters. The van der Waals surface area contributed by atoms with Crippen LogP contribution in [0.25, 0.3) is 10.8 Å². The first-order valence-electron chi connectivity index (χ1n) is 14.5. The summed E-state index contributed by atoms with van der Waals surface area (Å²) in [7, 11) is -1.28. The maximum absolute atomic E-state index is 14.6. The molecule has 2 aromatic carbocycles. The Bertz CT molecular complexity index is 1280. The third-order valence-electron chi connectivity index (χ3n) is 9.51. The molecule has 6 saturated heterocycles.